The number of nitrogens with zero attached hydrogens (tertiary/aromatic N) is 2. The number of hydrogen-bond acceptors (Lipinski definition) is 4. The van der Waals surface area contributed by atoms with Crippen molar-refractivity contribution < 1.29 is 4.79 Å². The Balaban J connectivity index is 1.85. The highest BCUT2D eigenvalue weighted by molar-refractivity contribution is 5.91. The third-order valence-electron chi connectivity index (χ3n) is 3.57. The third kappa shape index (κ3) is 4.20. The maximum Gasteiger partial charge on any atom is 0.225 e. The predicted molar refractivity (Wildman–Crippen MR) is 81.8 cm³/mol. The van der Waals surface area contributed by atoms with Gasteiger partial charge in [0.05, 0.1) is 11.9 Å². The molecule has 3 N–H and O–H groups in total. The van der Waals surface area contributed by atoms with Gasteiger partial charge >= 0.3 is 0 Å². The number of pyridine rings is 1. The van der Waals surface area contributed by atoms with Crippen LogP contribution in [0.5, 0.6) is 0 Å². The Bertz CT molecular complexity index is 426. The van der Waals surface area contributed by atoms with Gasteiger partial charge < -0.3 is 16.0 Å². The van der Waals surface area contributed by atoms with Gasteiger partial charge in [-0.1, -0.05) is 13.3 Å². The van der Waals surface area contributed by atoms with E-state index in [9.17, 15) is 4.79 Å². The minimum Gasteiger partial charge on any atom is -0.357 e. The summed E-state index contributed by atoms with van der Waals surface area (Å²) < 4.78 is 0. The van der Waals surface area contributed by atoms with Gasteiger partial charge in [-0.15, -0.1) is 0 Å². The van der Waals surface area contributed by atoms with Crippen LogP contribution in [0.3, 0.4) is 0 Å². The number of carbonyl (C=O) groups excluding carboxylic acids is 1. The zero-order chi connectivity index (χ0) is 14.4. The predicted octanol–water partition coefficient (Wildman–Crippen LogP) is 2.14. The van der Waals surface area contributed by atoms with Crippen LogP contribution in [0.1, 0.15) is 39.0 Å². The van der Waals surface area contributed by atoms with Gasteiger partial charge in [-0.25, -0.2) is 4.98 Å². The summed E-state index contributed by atoms with van der Waals surface area (Å²) in [6, 6.07) is 3.81. The second-order valence-electron chi connectivity index (χ2n) is 5.40. The van der Waals surface area contributed by atoms with Gasteiger partial charge in [-0.2, -0.15) is 0 Å². The summed E-state index contributed by atoms with van der Waals surface area (Å²) in [5, 5.41) is 2.85. The summed E-state index contributed by atoms with van der Waals surface area (Å²) >= 11 is 0. The first-order chi connectivity index (χ1) is 9.69. The molecule has 5 nitrogen and oxygen atoms in total. The summed E-state index contributed by atoms with van der Waals surface area (Å²) in [6.07, 6.45) is 6.42. The first kappa shape index (κ1) is 14.8. The van der Waals surface area contributed by atoms with Crippen molar-refractivity contribution in [1.29, 1.82) is 0 Å². The lowest BCUT2D eigenvalue weighted by molar-refractivity contribution is -0.116. The lowest BCUT2D eigenvalue weighted by Gasteiger charge is -2.16. The summed E-state index contributed by atoms with van der Waals surface area (Å²) in [5.74, 6) is 0.949. The molecule has 20 heavy (non-hydrogen) atoms. The fraction of sp³-hybridized carbons (Fsp3) is 0.600. The number of carbonyl (C=O) groups is 1. The Hall–Kier alpha value is -1.62. The molecule has 2 heterocycles. The van der Waals surface area contributed by atoms with Crippen LogP contribution in [0, 0.1) is 0 Å². The van der Waals surface area contributed by atoms with Crippen LogP contribution in [0.2, 0.25) is 0 Å². The summed E-state index contributed by atoms with van der Waals surface area (Å²) in [5.41, 5.74) is 6.60. The van der Waals surface area contributed by atoms with Crippen molar-refractivity contribution in [3.05, 3.63) is 18.3 Å². The molecule has 110 valence electrons. The standard InChI is InChI=1S/C15H24N4O/c1-2-5-12(16)10-15(20)18-13-6-7-14(17-11-13)19-8-3-4-9-19/h6-7,11-12H,2-5,8-10,16H2,1H3,(H,18,20). The monoisotopic (exact) mass is 276 g/mol. The van der Waals surface area contributed by atoms with Gasteiger partial charge in [0.25, 0.3) is 0 Å². The van der Waals surface area contributed by atoms with Crippen molar-refractivity contribution in [2.24, 2.45) is 5.73 Å². The molecule has 1 aliphatic heterocycles. The maximum atomic E-state index is 11.8. The molecule has 0 spiro atoms. The van der Waals surface area contributed by atoms with E-state index < -0.39 is 0 Å². The van der Waals surface area contributed by atoms with Crippen LogP contribution in [-0.2, 0) is 4.79 Å². The van der Waals surface area contributed by atoms with Crippen molar-refractivity contribution in [1.82, 2.24) is 4.98 Å². The summed E-state index contributed by atoms with van der Waals surface area (Å²) in [7, 11) is 0. The van der Waals surface area contributed by atoms with E-state index in [0.717, 1.165) is 37.4 Å². The highest BCUT2D eigenvalue weighted by Gasteiger charge is 2.13. The normalized spacial score (nSPS) is 16.2. The van der Waals surface area contributed by atoms with Crippen molar-refractivity contribution in [3.8, 4) is 0 Å². The highest BCUT2D eigenvalue weighted by Crippen LogP contribution is 2.19. The van der Waals surface area contributed by atoms with Crippen molar-refractivity contribution >= 4 is 17.4 Å². The van der Waals surface area contributed by atoms with E-state index in [2.05, 4.69) is 22.1 Å². The number of rotatable bonds is 6. The fourth-order valence-corrected chi connectivity index (χ4v) is 2.52. The molecule has 0 bridgehead atoms. The first-order valence-corrected chi connectivity index (χ1v) is 7.45. The zero-order valence-corrected chi connectivity index (χ0v) is 12.1. The molecule has 5 heteroatoms. The molecule has 1 amide bonds. The molecule has 1 saturated heterocycles. The molecule has 2 rings (SSSR count). The number of anilines is 2. The quantitative estimate of drug-likeness (QED) is 0.835. The maximum absolute atomic E-state index is 11.8. The first-order valence-electron chi connectivity index (χ1n) is 7.45. The summed E-state index contributed by atoms with van der Waals surface area (Å²) in [6.45, 7) is 4.22. The van der Waals surface area contributed by atoms with Gasteiger partial charge in [-0.05, 0) is 31.4 Å². The van der Waals surface area contributed by atoms with E-state index in [0.29, 0.717) is 6.42 Å². The molecule has 0 aromatic carbocycles. The second-order valence-corrected chi connectivity index (χ2v) is 5.40. The van der Waals surface area contributed by atoms with E-state index in [4.69, 9.17) is 5.73 Å². The van der Waals surface area contributed by atoms with Crippen LogP contribution in [-0.4, -0.2) is 30.0 Å². The van der Waals surface area contributed by atoms with Crippen LogP contribution in [0.25, 0.3) is 0 Å². The van der Waals surface area contributed by atoms with Crippen molar-refractivity contribution in [3.63, 3.8) is 0 Å². The van der Waals surface area contributed by atoms with E-state index in [-0.39, 0.29) is 11.9 Å². The van der Waals surface area contributed by atoms with E-state index >= 15 is 0 Å². The minimum atomic E-state index is -0.0585. The number of amides is 1. The topological polar surface area (TPSA) is 71.2 Å². The molecular weight excluding hydrogens is 252 g/mol. The fourth-order valence-electron chi connectivity index (χ4n) is 2.52. The van der Waals surface area contributed by atoms with Crippen molar-refractivity contribution in [2.75, 3.05) is 23.3 Å². The molecule has 0 aliphatic carbocycles. The highest BCUT2D eigenvalue weighted by atomic mass is 16.1. The summed E-state index contributed by atoms with van der Waals surface area (Å²) in [4.78, 5) is 18.5. The molecular formula is C15H24N4O. The molecule has 1 fully saturated rings. The smallest absolute Gasteiger partial charge is 0.225 e. The van der Waals surface area contributed by atoms with Crippen LogP contribution in [0.15, 0.2) is 18.3 Å². The largest absolute Gasteiger partial charge is 0.357 e. The Morgan fingerprint density at radius 1 is 1.45 bits per heavy atom. The molecule has 1 atom stereocenters. The number of nitrogens with two attached hydrogens (primary N) is 1. The minimum absolute atomic E-state index is 0.0401. The average Bonchev–Trinajstić information content (AvgIpc) is 2.93. The number of nitrogens with one attached hydrogen (secondary N) is 1. The van der Waals surface area contributed by atoms with Gasteiger partial charge in [0.2, 0.25) is 5.91 Å². The third-order valence-corrected chi connectivity index (χ3v) is 3.57. The SMILES string of the molecule is CCCC(N)CC(=O)Nc1ccc(N2CCCC2)nc1. The molecule has 0 saturated carbocycles. The van der Waals surface area contributed by atoms with Gasteiger partial charge in [-0.3, -0.25) is 4.79 Å². The Labute approximate surface area is 120 Å². The Morgan fingerprint density at radius 3 is 2.80 bits per heavy atom. The van der Waals surface area contributed by atoms with E-state index in [1.165, 1.54) is 12.8 Å². The second kappa shape index (κ2) is 7.24. The van der Waals surface area contributed by atoms with Gasteiger partial charge in [0.1, 0.15) is 5.82 Å². The molecule has 1 aliphatic rings. The molecule has 1 aromatic heterocycles. The molecule has 1 unspecified atom stereocenters. The van der Waals surface area contributed by atoms with Crippen LogP contribution >= 0.6 is 0 Å². The Kier molecular flexibility index (Phi) is 5.35. The Morgan fingerprint density at radius 2 is 2.20 bits per heavy atom. The number of hydrogen-bond donors (Lipinski definition) is 2. The van der Waals surface area contributed by atoms with E-state index in [1.807, 2.05) is 12.1 Å². The number of aromatic nitrogens is 1. The van der Waals surface area contributed by atoms with Gasteiger partial charge in [0, 0.05) is 25.6 Å². The van der Waals surface area contributed by atoms with Crippen LogP contribution in [0.4, 0.5) is 11.5 Å². The average molecular weight is 276 g/mol. The molecule has 0 radical (unpaired) electrons. The van der Waals surface area contributed by atoms with E-state index in [1.54, 1.807) is 6.20 Å². The van der Waals surface area contributed by atoms with Crippen LogP contribution < -0.4 is 16.0 Å². The van der Waals surface area contributed by atoms with Gasteiger partial charge in [0.15, 0.2) is 0 Å². The zero-order valence-electron chi connectivity index (χ0n) is 12.1. The lowest BCUT2D eigenvalue weighted by Crippen LogP contribution is -2.27. The van der Waals surface area contributed by atoms with Crippen molar-refractivity contribution in [2.45, 2.75) is 45.1 Å². The lowest BCUT2D eigenvalue weighted by atomic mass is 10.1. The molecule has 1 aromatic rings.